The Labute approximate surface area is 193 Å². The fourth-order valence-corrected chi connectivity index (χ4v) is 4.95. The van der Waals surface area contributed by atoms with Crippen LogP contribution in [0.3, 0.4) is 0 Å². The number of hydrogen-bond acceptors (Lipinski definition) is 6. The van der Waals surface area contributed by atoms with Crippen molar-refractivity contribution < 1.29 is 27.5 Å². The Bertz CT molecular complexity index is 1120. The number of aryl methyl sites for hydroxylation is 1. The van der Waals surface area contributed by atoms with E-state index in [4.69, 9.17) is 4.74 Å². The number of ether oxygens (including phenoxy) is 1. The number of benzene rings is 2. The Morgan fingerprint density at radius 2 is 1.45 bits per heavy atom. The van der Waals surface area contributed by atoms with Crippen molar-refractivity contribution in [2.24, 2.45) is 0 Å². The Balaban J connectivity index is 1.90. The third kappa shape index (κ3) is 5.51. The second-order valence-electron chi connectivity index (χ2n) is 7.77. The van der Waals surface area contributed by atoms with Crippen molar-refractivity contribution in [3.05, 3.63) is 59.7 Å². The molecule has 0 aromatic heterocycles. The summed E-state index contributed by atoms with van der Waals surface area (Å²) in [6.07, 6.45) is 0. The molecule has 0 spiro atoms. The van der Waals surface area contributed by atoms with Crippen LogP contribution in [0.25, 0.3) is 0 Å². The van der Waals surface area contributed by atoms with E-state index in [1.807, 2.05) is 6.92 Å². The third-order valence-electron chi connectivity index (χ3n) is 5.54. The molecular formula is C23H27N3O6S. The van der Waals surface area contributed by atoms with E-state index >= 15 is 0 Å². The molecule has 0 radical (unpaired) electrons. The van der Waals surface area contributed by atoms with Gasteiger partial charge in [-0.2, -0.15) is 0 Å². The molecule has 2 aromatic carbocycles. The smallest absolute Gasteiger partial charge is 0.261 e. The fourth-order valence-electron chi connectivity index (χ4n) is 3.49. The number of nitrogens with zero attached hydrogens (tertiary/aromatic N) is 2. The lowest BCUT2D eigenvalue weighted by molar-refractivity contribution is -0.138. The number of amides is 3. The van der Waals surface area contributed by atoms with Gasteiger partial charge in [-0.1, -0.05) is 17.7 Å². The Hall–Kier alpha value is -3.40. The number of nitrogens with one attached hydrogen (secondary N) is 1. The highest BCUT2D eigenvalue weighted by molar-refractivity contribution is 7.92. The maximum atomic E-state index is 13.4. The van der Waals surface area contributed by atoms with Crippen LogP contribution in [0.15, 0.2) is 53.4 Å². The maximum Gasteiger partial charge on any atom is 0.261 e. The number of carbonyl (C=O) groups is 3. The minimum atomic E-state index is -4.24. The van der Waals surface area contributed by atoms with Crippen molar-refractivity contribution in [1.82, 2.24) is 15.1 Å². The van der Waals surface area contributed by atoms with Gasteiger partial charge in [-0.3, -0.25) is 14.4 Å². The van der Waals surface area contributed by atoms with Crippen LogP contribution in [0.1, 0.15) is 22.8 Å². The van der Waals surface area contributed by atoms with Gasteiger partial charge in [0, 0.05) is 38.7 Å². The van der Waals surface area contributed by atoms with Crippen molar-refractivity contribution in [3.63, 3.8) is 0 Å². The molecule has 0 bridgehead atoms. The number of sulfone groups is 1. The summed E-state index contributed by atoms with van der Waals surface area (Å²) in [4.78, 5) is 40.7. The van der Waals surface area contributed by atoms with E-state index in [0.29, 0.717) is 18.8 Å². The molecule has 0 saturated carbocycles. The zero-order valence-corrected chi connectivity index (χ0v) is 19.6. The molecule has 10 heteroatoms. The first-order chi connectivity index (χ1) is 15.6. The molecular weight excluding hydrogens is 446 g/mol. The third-order valence-corrected chi connectivity index (χ3v) is 7.40. The SMILES string of the molecule is COc1ccc(C(=O)N[C@H](C(=O)N2CCN(C(C)=O)CC2)S(=O)(=O)c2ccc(C)cc2)cc1. The van der Waals surface area contributed by atoms with Crippen molar-refractivity contribution in [2.75, 3.05) is 33.3 Å². The first-order valence-corrected chi connectivity index (χ1v) is 12.0. The van der Waals surface area contributed by atoms with Gasteiger partial charge in [0.15, 0.2) is 0 Å². The van der Waals surface area contributed by atoms with E-state index in [-0.39, 0.29) is 29.5 Å². The zero-order valence-electron chi connectivity index (χ0n) is 18.8. The number of carbonyl (C=O) groups excluding carboxylic acids is 3. The van der Waals surface area contributed by atoms with Crippen LogP contribution in [-0.2, 0) is 19.4 Å². The molecule has 1 fully saturated rings. The van der Waals surface area contributed by atoms with Gasteiger partial charge in [0.25, 0.3) is 11.8 Å². The first kappa shape index (κ1) is 24.2. The number of rotatable bonds is 6. The first-order valence-electron chi connectivity index (χ1n) is 10.4. The lowest BCUT2D eigenvalue weighted by Crippen LogP contribution is -2.57. The van der Waals surface area contributed by atoms with E-state index in [2.05, 4.69) is 5.32 Å². The normalized spacial score (nSPS) is 15.0. The van der Waals surface area contributed by atoms with E-state index < -0.39 is 27.0 Å². The average Bonchev–Trinajstić information content (AvgIpc) is 2.82. The second-order valence-corrected chi connectivity index (χ2v) is 9.80. The minimum Gasteiger partial charge on any atom is -0.497 e. The molecule has 1 heterocycles. The van der Waals surface area contributed by atoms with Crippen molar-refractivity contribution in [3.8, 4) is 5.75 Å². The highest BCUT2D eigenvalue weighted by atomic mass is 32.2. The van der Waals surface area contributed by atoms with Gasteiger partial charge in [0.1, 0.15) is 5.75 Å². The fraction of sp³-hybridized carbons (Fsp3) is 0.348. The Morgan fingerprint density at radius 3 is 1.97 bits per heavy atom. The van der Waals surface area contributed by atoms with Crippen molar-refractivity contribution >= 4 is 27.6 Å². The molecule has 1 aliphatic rings. The zero-order chi connectivity index (χ0) is 24.2. The number of methoxy groups -OCH3 is 1. The van der Waals surface area contributed by atoms with Crippen molar-refractivity contribution in [2.45, 2.75) is 24.1 Å². The van der Waals surface area contributed by atoms with Gasteiger partial charge in [-0.15, -0.1) is 0 Å². The van der Waals surface area contributed by atoms with Gasteiger partial charge >= 0.3 is 0 Å². The minimum absolute atomic E-state index is 0.0659. The highest BCUT2D eigenvalue weighted by Gasteiger charge is 2.39. The molecule has 1 N–H and O–H groups in total. The van der Waals surface area contributed by atoms with E-state index in [9.17, 15) is 22.8 Å². The van der Waals surface area contributed by atoms with Gasteiger partial charge in [-0.05, 0) is 43.3 Å². The number of hydrogen-bond donors (Lipinski definition) is 1. The van der Waals surface area contributed by atoms with E-state index in [0.717, 1.165) is 5.56 Å². The monoisotopic (exact) mass is 473 g/mol. The lowest BCUT2D eigenvalue weighted by Gasteiger charge is -2.36. The summed E-state index contributed by atoms with van der Waals surface area (Å²) in [5.41, 5.74) is 1.05. The molecule has 1 aliphatic heterocycles. The van der Waals surface area contributed by atoms with Crippen LogP contribution in [0, 0.1) is 6.92 Å². The summed E-state index contributed by atoms with van der Waals surface area (Å²) in [6, 6.07) is 12.2. The molecule has 176 valence electrons. The van der Waals surface area contributed by atoms with Gasteiger partial charge < -0.3 is 19.9 Å². The summed E-state index contributed by atoms with van der Waals surface area (Å²) in [5, 5.41) is 0.609. The van der Waals surface area contributed by atoms with Gasteiger partial charge in [0.05, 0.1) is 12.0 Å². The summed E-state index contributed by atoms with van der Waals surface area (Å²) >= 11 is 0. The molecule has 0 aliphatic carbocycles. The predicted octanol–water partition coefficient (Wildman–Crippen LogP) is 1.22. The van der Waals surface area contributed by atoms with Crippen molar-refractivity contribution in [1.29, 1.82) is 0 Å². The van der Waals surface area contributed by atoms with Gasteiger partial charge in [0.2, 0.25) is 21.1 Å². The Morgan fingerprint density at radius 1 is 0.909 bits per heavy atom. The molecule has 9 nitrogen and oxygen atoms in total. The second kappa shape index (κ2) is 10.0. The molecule has 3 amide bonds. The predicted molar refractivity (Wildman–Crippen MR) is 121 cm³/mol. The van der Waals surface area contributed by atoms with Gasteiger partial charge in [-0.25, -0.2) is 8.42 Å². The molecule has 33 heavy (non-hydrogen) atoms. The van der Waals surface area contributed by atoms with Crippen LogP contribution < -0.4 is 10.1 Å². The highest BCUT2D eigenvalue weighted by Crippen LogP contribution is 2.19. The summed E-state index contributed by atoms with van der Waals surface area (Å²) in [6.45, 7) is 4.21. The van der Waals surface area contributed by atoms with Crippen LogP contribution in [0.5, 0.6) is 5.75 Å². The van der Waals surface area contributed by atoms with Crippen LogP contribution in [-0.4, -0.2) is 74.6 Å². The Kier molecular flexibility index (Phi) is 7.37. The molecule has 2 aromatic rings. The standard InChI is InChI=1S/C23H27N3O6S/c1-16-4-10-20(11-5-16)33(30,31)22(23(29)26-14-12-25(13-15-26)17(2)27)24-21(28)18-6-8-19(32-3)9-7-18/h4-11,22H,12-15H2,1-3H3,(H,24,28)/t22-/m0/s1. The summed E-state index contributed by atoms with van der Waals surface area (Å²) in [7, 11) is -2.75. The molecule has 1 atom stereocenters. The molecule has 1 saturated heterocycles. The molecule has 3 rings (SSSR count). The van der Waals surface area contributed by atoms with Crippen LogP contribution >= 0.6 is 0 Å². The van der Waals surface area contributed by atoms with Crippen LogP contribution in [0.4, 0.5) is 0 Å². The maximum absolute atomic E-state index is 13.4. The number of piperazine rings is 1. The summed E-state index contributed by atoms with van der Waals surface area (Å²) in [5.74, 6) is -1.01. The molecule has 0 unspecified atom stereocenters. The summed E-state index contributed by atoms with van der Waals surface area (Å²) < 4.78 is 31.9. The average molecular weight is 474 g/mol. The van der Waals surface area contributed by atoms with E-state index in [1.54, 1.807) is 29.2 Å². The largest absolute Gasteiger partial charge is 0.497 e. The quantitative estimate of drug-likeness (QED) is 0.675. The lowest BCUT2D eigenvalue weighted by atomic mass is 10.2. The van der Waals surface area contributed by atoms with E-state index in [1.165, 1.54) is 43.2 Å². The topological polar surface area (TPSA) is 113 Å². The van der Waals surface area contributed by atoms with Crippen LogP contribution in [0.2, 0.25) is 0 Å².